The van der Waals surface area contributed by atoms with Crippen molar-refractivity contribution in [3.63, 3.8) is 0 Å². The highest BCUT2D eigenvalue weighted by Crippen LogP contribution is 2.38. The Bertz CT molecular complexity index is 962. The van der Waals surface area contributed by atoms with Gasteiger partial charge in [0, 0.05) is 26.7 Å². The van der Waals surface area contributed by atoms with Crippen LogP contribution in [0, 0.1) is 16.0 Å². The SMILES string of the molecule is CNC(=O)/C(N=Nc1ccc([N+](=O)[O-])c2c1C(=O)N(CC(C)C)C2=O)=C(\NC)OC. The molecule has 160 valence electrons. The molecule has 0 spiro atoms. The van der Waals surface area contributed by atoms with Crippen LogP contribution >= 0.6 is 0 Å². The molecule has 0 aliphatic carbocycles. The van der Waals surface area contributed by atoms with Crippen LogP contribution in [-0.4, -0.2) is 55.3 Å². The highest BCUT2D eigenvalue weighted by molar-refractivity contribution is 6.25. The molecule has 12 nitrogen and oxygen atoms in total. The zero-order chi connectivity index (χ0) is 22.6. The summed E-state index contributed by atoms with van der Waals surface area (Å²) < 4.78 is 5.05. The molecule has 30 heavy (non-hydrogen) atoms. The van der Waals surface area contributed by atoms with E-state index in [0.29, 0.717) is 0 Å². The number of fused-ring (bicyclic) bond motifs is 1. The standard InChI is InChI=1S/C18H22N6O6/c1-9(2)8-23-17(26)12-10(6-7-11(24(28)29)13(12)18(23)27)21-22-14(15(25)19-3)16(20-4)30-5/h6-7,9,20H,8H2,1-5H3,(H,19,25)/b16-14-,22-21?. The minimum Gasteiger partial charge on any atom is -0.481 e. The van der Waals surface area contributed by atoms with E-state index in [1.165, 1.54) is 27.3 Å². The molecule has 1 aliphatic rings. The second-order valence-electron chi connectivity index (χ2n) is 6.64. The summed E-state index contributed by atoms with van der Waals surface area (Å²) in [5.74, 6) is -2.11. The summed E-state index contributed by atoms with van der Waals surface area (Å²) in [6.07, 6.45) is 0. The lowest BCUT2D eigenvalue weighted by molar-refractivity contribution is -0.385. The molecule has 0 bridgehead atoms. The Balaban J connectivity index is 2.65. The number of rotatable bonds is 8. The van der Waals surface area contributed by atoms with Gasteiger partial charge in [0.2, 0.25) is 11.6 Å². The number of hydrogen-bond acceptors (Lipinski definition) is 9. The zero-order valence-corrected chi connectivity index (χ0v) is 17.2. The van der Waals surface area contributed by atoms with Gasteiger partial charge in [-0.15, -0.1) is 10.2 Å². The van der Waals surface area contributed by atoms with Gasteiger partial charge in [0.15, 0.2) is 0 Å². The van der Waals surface area contributed by atoms with Gasteiger partial charge in [-0.05, 0) is 12.0 Å². The van der Waals surface area contributed by atoms with Gasteiger partial charge in [-0.3, -0.25) is 29.4 Å². The van der Waals surface area contributed by atoms with E-state index in [-0.39, 0.29) is 40.9 Å². The summed E-state index contributed by atoms with van der Waals surface area (Å²) in [4.78, 5) is 49.3. The largest absolute Gasteiger partial charge is 0.481 e. The monoisotopic (exact) mass is 418 g/mol. The molecular weight excluding hydrogens is 396 g/mol. The minimum atomic E-state index is -0.762. The highest BCUT2D eigenvalue weighted by atomic mass is 16.6. The number of amides is 3. The second-order valence-corrected chi connectivity index (χ2v) is 6.64. The van der Waals surface area contributed by atoms with E-state index in [0.717, 1.165) is 11.0 Å². The Labute approximate surface area is 172 Å². The maximum Gasteiger partial charge on any atom is 0.283 e. The number of ether oxygens (including phenoxy) is 1. The molecule has 12 heteroatoms. The Hall–Kier alpha value is -3.83. The van der Waals surface area contributed by atoms with E-state index in [4.69, 9.17) is 4.74 Å². The number of likely N-dealkylation sites (N-methyl/N-ethyl adjacent to an activating group) is 1. The number of methoxy groups -OCH3 is 1. The third-order valence-corrected chi connectivity index (χ3v) is 4.17. The van der Waals surface area contributed by atoms with E-state index in [2.05, 4.69) is 20.9 Å². The van der Waals surface area contributed by atoms with Gasteiger partial charge < -0.3 is 15.4 Å². The molecule has 1 heterocycles. The van der Waals surface area contributed by atoms with Crippen molar-refractivity contribution in [3.05, 3.63) is 45.0 Å². The number of carbonyl (C=O) groups excluding carboxylic acids is 3. The van der Waals surface area contributed by atoms with Crippen LogP contribution in [0.25, 0.3) is 0 Å². The van der Waals surface area contributed by atoms with Crippen LogP contribution in [0.3, 0.4) is 0 Å². The number of carbonyl (C=O) groups is 3. The van der Waals surface area contributed by atoms with Gasteiger partial charge in [0.1, 0.15) is 5.56 Å². The fraction of sp³-hybridized carbons (Fsp3) is 0.389. The molecule has 1 aromatic rings. The second kappa shape index (κ2) is 9.11. The number of nitro groups is 1. The van der Waals surface area contributed by atoms with Gasteiger partial charge in [0.25, 0.3) is 23.4 Å². The van der Waals surface area contributed by atoms with Crippen molar-refractivity contribution in [1.29, 1.82) is 0 Å². The lowest BCUT2D eigenvalue weighted by Gasteiger charge is -2.15. The van der Waals surface area contributed by atoms with Crippen molar-refractivity contribution in [1.82, 2.24) is 15.5 Å². The molecule has 0 radical (unpaired) electrons. The minimum absolute atomic E-state index is 0.0143. The van der Waals surface area contributed by atoms with Crippen molar-refractivity contribution in [2.75, 3.05) is 27.7 Å². The molecule has 3 amide bonds. The Morgan fingerprint density at radius 2 is 1.83 bits per heavy atom. The maximum absolute atomic E-state index is 12.9. The molecule has 0 aromatic heterocycles. The summed E-state index contributed by atoms with van der Waals surface area (Å²) in [7, 11) is 4.21. The molecule has 2 N–H and O–H groups in total. The summed E-state index contributed by atoms with van der Waals surface area (Å²) in [6.45, 7) is 3.71. The molecule has 1 aliphatic heterocycles. The maximum atomic E-state index is 12.9. The first-order valence-electron chi connectivity index (χ1n) is 8.95. The fourth-order valence-corrected chi connectivity index (χ4v) is 2.88. The molecule has 0 saturated carbocycles. The smallest absolute Gasteiger partial charge is 0.283 e. The van der Waals surface area contributed by atoms with Gasteiger partial charge in [-0.1, -0.05) is 13.8 Å². The van der Waals surface area contributed by atoms with Gasteiger partial charge >= 0.3 is 0 Å². The van der Waals surface area contributed by atoms with Crippen LogP contribution in [0.4, 0.5) is 11.4 Å². The van der Waals surface area contributed by atoms with Gasteiger partial charge in [-0.2, -0.15) is 0 Å². The summed E-state index contributed by atoms with van der Waals surface area (Å²) in [5, 5.41) is 24.2. The summed E-state index contributed by atoms with van der Waals surface area (Å²) in [5.41, 5.74) is -1.35. The number of nitro benzene ring substituents is 1. The van der Waals surface area contributed by atoms with Crippen LogP contribution in [0.15, 0.2) is 33.9 Å². The van der Waals surface area contributed by atoms with Crippen LogP contribution in [0.5, 0.6) is 0 Å². The molecule has 0 atom stereocenters. The number of hydrogen-bond donors (Lipinski definition) is 2. The molecule has 2 rings (SSSR count). The summed E-state index contributed by atoms with van der Waals surface area (Å²) in [6, 6.07) is 2.29. The first-order valence-corrected chi connectivity index (χ1v) is 8.95. The van der Waals surface area contributed by atoms with Crippen molar-refractivity contribution in [2.24, 2.45) is 16.1 Å². The third-order valence-electron chi connectivity index (χ3n) is 4.17. The van der Waals surface area contributed by atoms with E-state index in [1.807, 2.05) is 13.8 Å². The average molecular weight is 418 g/mol. The number of imide groups is 1. The van der Waals surface area contributed by atoms with Crippen LogP contribution < -0.4 is 10.6 Å². The zero-order valence-electron chi connectivity index (χ0n) is 17.2. The average Bonchev–Trinajstić information content (AvgIpc) is 2.95. The van der Waals surface area contributed by atoms with Crippen LogP contribution in [0.1, 0.15) is 34.6 Å². The topological polar surface area (TPSA) is 156 Å². The quantitative estimate of drug-likeness (QED) is 0.162. The Kier molecular flexibility index (Phi) is 6.82. The highest BCUT2D eigenvalue weighted by Gasteiger charge is 2.43. The predicted octanol–water partition coefficient (Wildman–Crippen LogP) is 1.71. The first-order chi connectivity index (χ1) is 14.2. The lowest BCUT2D eigenvalue weighted by Crippen LogP contribution is -2.33. The normalized spacial score (nSPS) is 14.1. The number of benzene rings is 1. The number of azo groups is 1. The van der Waals surface area contributed by atoms with Gasteiger partial charge in [-0.25, -0.2) is 0 Å². The van der Waals surface area contributed by atoms with Crippen molar-refractivity contribution >= 4 is 29.1 Å². The number of nitrogens with one attached hydrogen (secondary N) is 2. The Morgan fingerprint density at radius 3 is 2.33 bits per heavy atom. The molecule has 0 unspecified atom stereocenters. The molecule has 0 saturated heterocycles. The molecule has 0 fully saturated rings. The molecule has 1 aromatic carbocycles. The number of nitrogens with zero attached hydrogens (tertiary/aromatic N) is 4. The van der Waals surface area contributed by atoms with E-state index in [9.17, 15) is 24.5 Å². The predicted molar refractivity (Wildman–Crippen MR) is 105 cm³/mol. The Morgan fingerprint density at radius 1 is 1.20 bits per heavy atom. The lowest BCUT2D eigenvalue weighted by atomic mass is 10.1. The summed E-state index contributed by atoms with van der Waals surface area (Å²) >= 11 is 0. The van der Waals surface area contributed by atoms with E-state index in [1.54, 1.807) is 0 Å². The van der Waals surface area contributed by atoms with Crippen molar-refractivity contribution < 1.29 is 24.0 Å². The van der Waals surface area contributed by atoms with Crippen LogP contribution in [0.2, 0.25) is 0 Å². The van der Waals surface area contributed by atoms with E-state index >= 15 is 0 Å². The van der Waals surface area contributed by atoms with Gasteiger partial charge in [0.05, 0.1) is 23.3 Å². The first kappa shape index (κ1) is 22.5. The van der Waals surface area contributed by atoms with Crippen LogP contribution in [-0.2, 0) is 9.53 Å². The van der Waals surface area contributed by atoms with Crippen molar-refractivity contribution in [3.8, 4) is 0 Å². The molecular formula is C18H22N6O6. The third kappa shape index (κ3) is 4.11. The fourth-order valence-electron chi connectivity index (χ4n) is 2.88. The van der Waals surface area contributed by atoms with E-state index < -0.39 is 28.3 Å². The van der Waals surface area contributed by atoms with Crippen molar-refractivity contribution in [2.45, 2.75) is 13.8 Å².